The first-order chi connectivity index (χ1) is 5.77. The van der Waals surface area contributed by atoms with Crippen molar-refractivity contribution in [1.29, 1.82) is 0 Å². The van der Waals surface area contributed by atoms with Crippen LogP contribution in [0.3, 0.4) is 0 Å². The summed E-state index contributed by atoms with van der Waals surface area (Å²) in [5, 5.41) is 0. The zero-order chi connectivity index (χ0) is 8.55. The number of halogens is 2. The fraction of sp³-hybridized carbons (Fsp3) is 0. The summed E-state index contributed by atoms with van der Waals surface area (Å²) in [4.78, 5) is 8.43. The van der Waals surface area contributed by atoms with Gasteiger partial charge in [-0.2, -0.15) is 0 Å². The van der Waals surface area contributed by atoms with Crippen LogP contribution >= 0.6 is 45.2 Å². The first kappa shape index (κ1) is 8.61. The summed E-state index contributed by atoms with van der Waals surface area (Å²) in [5.41, 5.74) is 1.92. The highest BCUT2D eigenvalue weighted by Crippen LogP contribution is 2.19. The van der Waals surface area contributed by atoms with Gasteiger partial charge in [0.25, 0.3) is 0 Å². The van der Waals surface area contributed by atoms with Crippen LogP contribution in [0, 0.1) is 7.14 Å². The van der Waals surface area contributed by atoms with Crippen molar-refractivity contribution in [3.8, 4) is 0 Å². The Balaban J connectivity index is 2.84. The number of rotatable bonds is 0. The number of fused-ring (bicyclic) bond motifs is 1. The van der Waals surface area contributed by atoms with E-state index in [1.54, 1.807) is 12.4 Å². The van der Waals surface area contributed by atoms with Crippen molar-refractivity contribution in [1.82, 2.24) is 9.97 Å². The van der Waals surface area contributed by atoms with E-state index in [-0.39, 0.29) is 0 Å². The molecule has 0 amide bonds. The van der Waals surface area contributed by atoms with Crippen molar-refractivity contribution in [2.45, 2.75) is 0 Å². The molecule has 2 rings (SSSR count). The molecule has 0 radical (unpaired) electrons. The lowest BCUT2D eigenvalue weighted by Gasteiger charge is -1.98. The molecule has 1 aromatic heterocycles. The lowest BCUT2D eigenvalue weighted by Crippen LogP contribution is -1.85. The van der Waals surface area contributed by atoms with Crippen LogP contribution in [-0.2, 0) is 0 Å². The van der Waals surface area contributed by atoms with Crippen LogP contribution in [0.15, 0.2) is 24.5 Å². The van der Waals surface area contributed by atoms with Crippen LogP contribution in [0.5, 0.6) is 0 Å². The molecule has 4 heteroatoms. The third-order valence-corrected chi connectivity index (χ3v) is 4.33. The number of hydrogen-bond donors (Lipinski definition) is 0. The largest absolute Gasteiger partial charge is 0.253 e. The lowest BCUT2D eigenvalue weighted by molar-refractivity contribution is 1.29. The third-order valence-electron chi connectivity index (χ3n) is 1.51. The SMILES string of the molecule is Ic1cc2nccnc2cc1I. The van der Waals surface area contributed by atoms with E-state index < -0.39 is 0 Å². The molecule has 0 spiro atoms. The van der Waals surface area contributed by atoms with E-state index in [0.717, 1.165) is 11.0 Å². The number of benzene rings is 1. The van der Waals surface area contributed by atoms with Crippen molar-refractivity contribution in [2.75, 3.05) is 0 Å². The minimum Gasteiger partial charge on any atom is -0.253 e. The average Bonchev–Trinajstić information content (AvgIpc) is 2.07. The fourth-order valence-electron chi connectivity index (χ4n) is 0.960. The summed E-state index contributed by atoms with van der Waals surface area (Å²) < 4.78 is 2.45. The van der Waals surface area contributed by atoms with E-state index in [1.807, 2.05) is 12.1 Å². The van der Waals surface area contributed by atoms with Crippen LogP contribution in [0.4, 0.5) is 0 Å². The monoisotopic (exact) mass is 382 g/mol. The van der Waals surface area contributed by atoms with Gasteiger partial charge in [0, 0.05) is 19.5 Å². The molecule has 0 aliphatic carbocycles. The fourth-order valence-corrected chi connectivity index (χ4v) is 1.86. The van der Waals surface area contributed by atoms with Gasteiger partial charge in [-0.1, -0.05) is 0 Å². The second-order valence-electron chi connectivity index (χ2n) is 2.31. The number of nitrogens with zero attached hydrogens (tertiary/aromatic N) is 2. The molecule has 0 atom stereocenters. The van der Waals surface area contributed by atoms with E-state index in [9.17, 15) is 0 Å². The molecule has 1 aromatic carbocycles. The molecule has 0 N–H and O–H groups in total. The maximum atomic E-state index is 4.21. The highest BCUT2D eigenvalue weighted by molar-refractivity contribution is 14.1. The Bertz CT molecular complexity index is 388. The predicted molar refractivity (Wildman–Crippen MR) is 65.0 cm³/mol. The summed E-state index contributed by atoms with van der Waals surface area (Å²) in [6.45, 7) is 0. The zero-order valence-corrected chi connectivity index (χ0v) is 10.3. The van der Waals surface area contributed by atoms with Gasteiger partial charge in [0.05, 0.1) is 11.0 Å². The van der Waals surface area contributed by atoms with Gasteiger partial charge in [-0.3, -0.25) is 9.97 Å². The van der Waals surface area contributed by atoms with E-state index in [0.29, 0.717) is 0 Å². The first-order valence-corrected chi connectivity index (χ1v) is 5.49. The standard InChI is InChI=1S/C8H4I2N2/c9-5-3-7-8(4-6(5)10)12-2-1-11-7/h1-4H. The normalized spacial score (nSPS) is 10.5. The number of aromatic nitrogens is 2. The summed E-state index contributed by atoms with van der Waals surface area (Å²) >= 11 is 4.59. The van der Waals surface area contributed by atoms with E-state index in [1.165, 1.54) is 7.14 Å². The zero-order valence-electron chi connectivity index (χ0n) is 5.96. The summed E-state index contributed by atoms with van der Waals surface area (Å²) in [6.07, 6.45) is 3.43. The molecular weight excluding hydrogens is 378 g/mol. The molecule has 2 aromatic rings. The average molecular weight is 382 g/mol. The van der Waals surface area contributed by atoms with Crippen LogP contribution < -0.4 is 0 Å². The van der Waals surface area contributed by atoms with Gasteiger partial charge >= 0.3 is 0 Å². The highest BCUT2D eigenvalue weighted by atomic mass is 127. The predicted octanol–water partition coefficient (Wildman–Crippen LogP) is 2.84. The molecule has 2 nitrogen and oxygen atoms in total. The van der Waals surface area contributed by atoms with Gasteiger partial charge in [0.2, 0.25) is 0 Å². The molecule has 0 aliphatic heterocycles. The second-order valence-corrected chi connectivity index (χ2v) is 4.64. The Morgan fingerprint density at radius 1 is 0.833 bits per heavy atom. The van der Waals surface area contributed by atoms with Crippen LogP contribution in [0.25, 0.3) is 11.0 Å². The van der Waals surface area contributed by atoms with Gasteiger partial charge in [0.15, 0.2) is 0 Å². The Morgan fingerprint density at radius 2 is 1.25 bits per heavy atom. The Hall–Kier alpha value is 0.0200. The maximum absolute atomic E-state index is 4.21. The molecular formula is C8H4I2N2. The molecule has 60 valence electrons. The first-order valence-electron chi connectivity index (χ1n) is 3.33. The smallest absolute Gasteiger partial charge is 0.0898 e. The summed E-state index contributed by atoms with van der Waals surface area (Å²) in [5.74, 6) is 0. The van der Waals surface area contributed by atoms with Gasteiger partial charge in [-0.15, -0.1) is 0 Å². The van der Waals surface area contributed by atoms with E-state index in [4.69, 9.17) is 0 Å². The van der Waals surface area contributed by atoms with Crippen molar-refractivity contribution < 1.29 is 0 Å². The Morgan fingerprint density at radius 3 is 1.67 bits per heavy atom. The molecule has 0 bridgehead atoms. The number of hydrogen-bond acceptors (Lipinski definition) is 2. The Kier molecular flexibility index (Phi) is 2.44. The van der Waals surface area contributed by atoms with Gasteiger partial charge in [0.1, 0.15) is 0 Å². The molecule has 0 fully saturated rings. The van der Waals surface area contributed by atoms with Gasteiger partial charge in [-0.25, -0.2) is 0 Å². The van der Waals surface area contributed by atoms with Crippen molar-refractivity contribution >= 4 is 56.2 Å². The summed E-state index contributed by atoms with van der Waals surface area (Å²) in [6, 6.07) is 4.09. The topological polar surface area (TPSA) is 25.8 Å². The van der Waals surface area contributed by atoms with Gasteiger partial charge in [-0.05, 0) is 57.3 Å². The Labute approximate surface area is 97.1 Å². The van der Waals surface area contributed by atoms with E-state index in [2.05, 4.69) is 55.1 Å². The third kappa shape index (κ3) is 1.54. The van der Waals surface area contributed by atoms with Crippen molar-refractivity contribution in [3.05, 3.63) is 31.7 Å². The molecule has 0 saturated heterocycles. The molecule has 0 saturated carbocycles. The lowest BCUT2D eigenvalue weighted by atomic mass is 10.3. The second kappa shape index (κ2) is 3.41. The van der Waals surface area contributed by atoms with Crippen molar-refractivity contribution in [2.24, 2.45) is 0 Å². The summed E-state index contributed by atoms with van der Waals surface area (Å²) in [7, 11) is 0. The van der Waals surface area contributed by atoms with Crippen LogP contribution in [-0.4, -0.2) is 9.97 Å². The molecule has 12 heavy (non-hydrogen) atoms. The minimum atomic E-state index is 0.960. The van der Waals surface area contributed by atoms with Crippen molar-refractivity contribution in [3.63, 3.8) is 0 Å². The highest BCUT2D eigenvalue weighted by Gasteiger charge is 2.00. The van der Waals surface area contributed by atoms with Gasteiger partial charge < -0.3 is 0 Å². The van der Waals surface area contributed by atoms with E-state index >= 15 is 0 Å². The minimum absolute atomic E-state index is 0.960. The molecule has 1 heterocycles. The van der Waals surface area contributed by atoms with Crippen LogP contribution in [0.1, 0.15) is 0 Å². The van der Waals surface area contributed by atoms with Crippen LogP contribution in [0.2, 0.25) is 0 Å². The molecule has 0 unspecified atom stereocenters. The maximum Gasteiger partial charge on any atom is 0.0898 e. The molecule has 0 aliphatic rings. The quantitative estimate of drug-likeness (QED) is 0.656.